The summed E-state index contributed by atoms with van der Waals surface area (Å²) < 4.78 is 0. The Hall–Kier alpha value is -9.15. The van der Waals surface area contributed by atoms with Crippen LogP contribution in [0.15, 0.2) is 201 Å². The number of aromatic nitrogens is 5. The minimum Gasteiger partial charge on any atom is -0.355 e. The molecule has 0 N–H and O–H groups in total. The Labute approximate surface area is 701 Å². The second-order valence-electron chi connectivity index (χ2n) is 40.4. The number of nitrogens with zero attached hydrogens (tertiary/aromatic N) is 10. The summed E-state index contributed by atoms with van der Waals surface area (Å²) in [6, 6.07) is 61.9. The first kappa shape index (κ1) is 79.0. The fourth-order valence-electron chi connectivity index (χ4n) is 27.3. The van der Waals surface area contributed by atoms with E-state index in [9.17, 15) is 0 Å². The molecule has 5 aromatic carbocycles. The lowest BCUT2D eigenvalue weighted by Gasteiger charge is -2.63. The van der Waals surface area contributed by atoms with Gasteiger partial charge in [0.2, 0.25) is 0 Å². The van der Waals surface area contributed by atoms with Crippen molar-refractivity contribution in [1.82, 2.24) is 24.9 Å². The lowest BCUT2D eigenvalue weighted by atomic mass is 9.47. The summed E-state index contributed by atoms with van der Waals surface area (Å²) in [5, 5.41) is 0. The van der Waals surface area contributed by atoms with Crippen molar-refractivity contribution >= 4 is 28.4 Å². The third-order valence-electron chi connectivity index (χ3n) is 34.4. The largest absolute Gasteiger partial charge is 0.355 e. The van der Waals surface area contributed by atoms with Gasteiger partial charge in [0.25, 0.3) is 0 Å². The molecule has 13 aliphatic rings. The number of aryl methyl sites for hydroxylation is 5. The van der Waals surface area contributed by atoms with Crippen molar-refractivity contribution in [2.75, 3.05) is 24.5 Å². The van der Waals surface area contributed by atoms with Crippen LogP contribution in [0.25, 0.3) is 0 Å². The normalized spacial score (nSPS) is 29.1. The third kappa shape index (κ3) is 11.1. The fourth-order valence-corrected chi connectivity index (χ4v) is 27.3. The van der Waals surface area contributed by atoms with Crippen molar-refractivity contribution < 1.29 is 0 Å². The smallest absolute Gasteiger partial charge is 0.0890 e. The third-order valence-corrected chi connectivity index (χ3v) is 34.4. The molecule has 6 fully saturated rings. The molecule has 7 atom stereocenters. The molecule has 10 aromatic rings. The molecule has 10 heteroatoms. The summed E-state index contributed by atoms with van der Waals surface area (Å²) in [7, 11) is 0. The number of fused-ring (bicyclic) bond motifs is 15. The Balaban J connectivity index is 0.000000101. The number of rotatable bonds is 3. The molecule has 0 amide bonds. The number of hydrogen-bond acceptors (Lipinski definition) is 10. The zero-order valence-electron chi connectivity index (χ0n) is 74.1. The van der Waals surface area contributed by atoms with E-state index in [1.54, 1.807) is 0 Å². The maximum absolute atomic E-state index is 5.07. The highest BCUT2D eigenvalue weighted by Crippen LogP contribution is 2.72. The van der Waals surface area contributed by atoms with E-state index in [0.717, 1.165) is 23.7 Å². The molecule has 3 spiro atoms. The topological polar surface area (TPSA) is 80.7 Å². The van der Waals surface area contributed by atoms with Crippen molar-refractivity contribution in [2.24, 2.45) is 34.5 Å². The van der Waals surface area contributed by atoms with E-state index in [4.69, 9.17) is 19.9 Å². The molecule has 12 heterocycles. The maximum Gasteiger partial charge on any atom is 0.0890 e. The molecule has 7 aliphatic heterocycles. The van der Waals surface area contributed by atoms with Gasteiger partial charge in [0.15, 0.2) is 0 Å². The number of benzene rings is 5. The molecule has 0 radical (unpaired) electrons. The van der Waals surface area contributed by atoms with Gasteiger partial charge in [-0.2, -0.15) is 0 Å². The Kier molecular flexibility index (Phi) is 19.3. The first-order chi connectivity index (χ1) is 56.0. The zero-order valence-corrected chi connectivity index (χ0v) is 74.1. The SMILES string of the molecule is Cc1cccc2c1N1C(C)c3cccnc3C1(C)C(C)(C)C2(C)C.Cc1cccc2c1N1C(C)c3cccnc3C1(C)C(C)(C)C2(C)C.Cc1ccccc1N1C(C)c2cccnc2C12C1CC3CC(C1)CC2C3.Cc1ccccc1N1C(C)c2cccnc2C12CCCCC2.Cc1ccccc1N1C(C)c2ccncc2C12CCCC2. The molecular formula is C107H130N10. The van der Waals surface area contributed by atoms with Gasteiger partial charge in [-0.05, 0) is 291 Å². The van der Waals surface area contributed by atoms with Gasteiger partial charge in [0, 0.05) is 82.0 Å². The average molecular weight is 1560 g/mol. The summed E-state index contributed by atoms with van der Waals surface area (Å²) in [4.78, 5) is 37.6. The van der Waals surface area contributed by atoms with E-state index < -0.39 is 0 Å². The van der Waals surface area contributed by atoms with Crippen molar-refractivity contribution in [3.8, 4) is 0 Å². The van der Waals surface area contributed by atoms with Gasteiger partial charge >= 0.3 is 0 Å². The van der Waals surface area contributed by atoms with Crippen LogP contribution in [0.3, 0.4) is 0 Å². The van der Waals surface area contributed by atoms with E-state index in [2.05, 4.69) is 338 Å². The first-order valence-corrected chi connectivity index (χ1v) is 45.1. The molecule has 5 aromatic heterocycles. The molecule has 0 saturated heterocycles. The van der Waals surface area contributed by atoms with Crippen molar-refractivity contribution in [1.29, 1.82) is 0 Å². The molecular weight excluding hydrogens is 1430 g/mol. The Bertz CT molecular complexity index is 5270. The van der Waals surface area contributed by atoms with E-state index in [0.29, 0.717) is 30.2 Å². The van der Waals surface area contributed by atoms with Gasteiger partial charge in [-0.15, -0.1) is 0 Å². The van der Waals surface area contributed by atoms with Gasteiger partial charge in [-0.3, -0.25) is 24.9 Å². The van der Waals surface area contributed by atoms with Gasteiger partial charge in [0.1, 0.15) is 0 Å². The molecule has 608 valence electrons. The standard InChI is InChI=1S/C24H28N2.2C22H28N2.C20H24N2.C19H22N2/c1-15-6-3-4-8-22(15)26-16(2)21-7-5-9-25-23(21)24(26)19-11-17-10-18(13-19)14-20(24)12-17;2*1-14-10-8-12-17-18(14)24-15(2)16-11-9-13-23-19(16)22(24,7)21(5,6)20(17,3)4;1-15-9-4-5-11-18(15)22-16(2)17-10-8-14-21-19(17)20(22)12-6-3-7-13-20;1-14-7-3-4-8-18(14)21-15(2)16-9-12-20-13-17(16)19(21)10-5-6-11-19/h3-9,16-20H,10-14H2,1-2H3;2*8-13,15H,1-7H3;4-5,8-11,14,16H,3,6-7,12-13H2,1-2H3;3-4,7-9,12-13,15H,5-6,10-11H2,1-2H3. The Morgan fingerprint density at radius 3 is 1.10 bits per heavy atom. The second-order valence-corrected chi connectivity index (χ2v) is 40.4. The highest BCUT2D eigenvalue weighted by molar-refractivity contribution is 5.75. The average Bonchev–Trinajstić information content (AvgIpc) is 1.62. The maximum atomic E-state index is 5.07. The predicted octanol–water partition coefficient (Wildman–Crippen LogP) is 26.5. The monoisotopic (exact) mass is 1560 g/mol. The van der Waals surface area contributed by atoms with E-state index in [-0.39, 0.29) is 49.4 Å². The van der Waals surface area contributed by atoms with Crippen molar-refractivity contribution in [2.45, 2.75) is 297 Å². The first-order valence-electron chi connectivity index (χ1n) is 45.1. The lowest BCUT2D eigenvalue weighted by Crippen LogP contribution is -2.62. The minimum atomic E-state index is -0.119. The van der Waals surface area contributed by atoms with Gasteiger partial charge in [-0.25, -0.2) is 0 Å². The number of anilines is 5. The number of hydrogen-bond donors (Lipinski definition) is 0. The summed E-state index contributed by atoms with van der Waals surface area (Å²) in [6.45, 7) is 47.1. The minimum absolute atomic E-state index is 0.0364. The van der Waals surface area contributed by atoms with Crippen LogP contribution in [0.2, 0.25) is 0 Å². The molecule has 10 nitrogen and oxygen atoms in total. The van der Waals surface area contributed by atoms with Crippen LogP contribution in [0.5, 0.6) is 0 Å². The summed E-state index contributed by atoms with van der Waals surface area (Å²) in [5.41, 5.74) is 31.0. The van der Waals surface area contributed by atoms with Crippen LogP contribution in [-0.2, 0) is 38.5 Å². The van der Waals surface area contributed by atoms with Crippen LogP contribution in [0, 0.1) is 69.1 Å². The van der Waals surface area contributed by atoms with E-state index in [1.807, 2.05) is 31.0 Å². The quantitative estimate of drug-likeness (QED) is 0.171. The lowest BCUT2D eigenvalue weighted by molar-refractivity contribution is -0.0619. The van der Waals surface area contributed by atoms with Crippen LogP contribution in [-0.4, -0.2) is 24.9 Å². The van der Waals surface area contributed by atoms with Crippen LogP contribution in [0.1, 0.15) is 319 Å². The Morgan fingerprint density at radius 1 is 0.299 bits per heavy atom. The highest BCUT2D eigenvalue weighted by atomic mass is 15.3. The molecule has 4 bridgehead atoms. The van der Waals surface area contributed by atoms with E-state index >= 15 is 0 Å². The van der Waals surface area contributed by atoms with Crippen LogP contribution < -0.4 is 24.5 Å². The second kappa shape index (κ2) is 28.5. The number of para-hydroxylation sites is 5. The van der Waals surface area contributed by atoms with Gasteiger partial charge < -0.3 is 24.5 Å². The zero-order chi connectivity index (χ0) is 82.1. The van der Waals surface area contributed by atoms with Crippen molar-refractivity contribution in [3.63, 3.8) is 0 Å². The van der Waals surface area contributed by atoms with Gasteiger partial charge in [-0.1, -0.05) is 203 Å². The Morgan fingerprint density at radius 2 is 0.650 bits per heavy atom. The number of pyridine rings is 5. The fraction of sp³-hybridized carbons (Fsp3) is 0.486. The van der Waals surface area contributed by atoms with Crippen LogP contribution >= 0.6 is 0 Å². The summed E-state index contributed by atoms with van der Waals surface area (Å²) in [5.74, 6) is 3.50. The van der Waals surface area contributed by atoms with Crippen molar-refractivity contribution in [3.05, 3.63) is 296 Å². The highest BCUT2D eigenvalue weighted by Gasteiger charge is 2.69. The molecule has 117 heavy (non-hydrogen) atoms. The van der Waals surface area contributed by atoms with Crippen LogP contribution in [0.4, 0.5) is 28.4 Å². The summed E-state index contributed by atoms with van der Waals surface area (Å²) >= 11 is 0. The van der Waals surface area contributed by atoms with Gasteiger partial charge in [0.05, 0.1) is 80.7 Å². The van der Waals surface area contributed by atoms with E-state index in [1.165, 1.54) is 213 Å². The molecule has 6 aliphatic carbocycles. The molecule has 7 unspecified atom stereocenters. The molecule has 6 saturated carbocycles. The summed E-state index contributed by atoms with van der Waals surface area (Å²) in [6.07, 6.45) is 30.7. The molecule has 23 rings (SSSR count). The predicted molar refractivity (Wildman–Crippen MR) is 484 cm³/mol.